The van der Waals surface area contributed by atoms with Gasteiger partial charge in [0.1, 0.15) is 6.10 Å². The molecule has 0 aliphatic rings. The average Bonchev–Trinajstić information content (AvgIpc) is 2.46. The van der Waals surface area contributed by atoms with Crippen LogP contribution >= 0.6 is 0 Å². The Kier molecular flexibility index (Phi) is 5.16. The van der Waals surface area contributed by atoms with Gasteiger partial charge in [-0.2, -0.15) is 0 Å². The van der Waals surface area contributed by atoms with Crippen molar-refractivity contribution in [1.29, 1.82) is 0 Å². The average molecular weight is 270 g/mol. The van der Waals surface area contributed by atoms with Gasteiger partial charge < -0.3 is 15.4 Å². The van der Waals surface area contributed by atoms with Crippen LogP contribution in [0.3, 0.4) is 0 Å². The molecule has 0 fully saturated rings. The zero-order valence-corrected chi connectivity index (χ0v) is 12.1. The molecule has 2 N–H and O–H groups in total. The van der Waals surface area contributed by atoms with Crippen LogP contribution in [0.5, 0.6) is 0 Å². The molecule has 3 nitrogen and oxygen atoms in total. The summed E-state index contributed by atoms with van der Waals surface area (Å²) in [6.07, 6.45) is -0.0447. The number of nitrogens with zero attached hydrogens (tertiary/aromatic N) is 1. The molecule has 0 saturated carbocycles. The molecule has 0 heterocycles. The smallest absolute Gasteiger partial charge is 0.108 e. The van der Waals surface area contributed by atoms with Crippen molar-refractivity contribution in [3.63, 3.8) is 0 Å². The maximum Gasteiger partial charge on any atom is 0.108 e. The summed E-state index contributed by atoms with van der Waals surface area (Å²) in [5.41, 5.74) is 8.82. The predicted molar refractivity (Wildman–Crippen MR) is 83.6 cm³/mol. The van der Waals surface area contributed by atoms with E-state index in [4.69, 9.17) is 10.5 Å². The third-order valence-electron chi connectivity index (χ3n) is 3.16. The summed E-state index contributed by atoms with van der Waals surface area (Å²) in [5, 5.41) is 0. The van der Waals surface area contributed by atoms with Crippen LogP contribution in [0.15, 0.2) is 54.6 Å². The third kappa shape index (κ3) is 4.08. The zero-order valence-electron chi connectivity index (χ0n) is 12.1. The first kappa shape index (κ1) is 14.6. The lowest BCUT2D eigenvalue weighted by molar-refractivity contribution is 0.0687. The van der Waals surface area contributed by atoms with Gasteiger partial charge >= 0.3 is 0 Å². The Morgan fingerprint density at radius 2 is 1.55 bits per heavy atom. The van der Waals surface area contributed by atoms with E-state index >= 15 is 0 Å². The third-order valence-corrected chi connectivity index (χ3v) is 3.16. The molecule has 1 unspecified atom stereocenters. The number of nitrogen functional groups attached to an aromatic ring is 1. The van der Waals surface area contributed by atoms with E-state index in [0.717, 1.165) is 23.4 Å². The molecule has 2 aromatic carbocycles. The minimum atomic E-state index is -0.0447. The standard InChI is InChI=1S/C17H22N2O/c1-19(2)12-13-20-17(14-6-4-3-5-7-14)15-8-10-16(18)11-9-15/h3-11,17H,12-13,18H2,1-2H3. The van der Waals surface area contributed by atoms with Gasteiger partial charge in [-0.1, -0.05) is 42.5 Å². The molecule has 0 bridgehead atoms. The quantitative estimate of drug-likeness (QED) is 0.820. The summed E-state index contributed by atoms with van der Waals surface area (Å²) in [6, 6.07) is 18.2. The molecule has 0 aromatic heterocycles. The largest absolute Gasteiger partial charge is 0.399 e. The highest BCUT2D eigenvalue weighted by Crippen LogP contribution is 2.26. The van der Waals surface area contributed by atoms with E-state index in [1.165, 1.54) is 0 Å². The van der Waals surface area contributed by atoms with Crippen LogP contribution in [-0.4, -0.2) is 32.1 Å². The minimum Gasteiger partial charge on any atom is -0.399 e. The van der Waals surface area contributed by atoms with Crippen LogP contribution < -0.4 is 5.73 Å². The fourth-order valence-corrected chi connectivity index (χ4v) is 2.04. The number of likely N-dealkylation sites (N-methyl/N-ethyl adjacent to an activating group) is 1. The first-order valence-electron chi connectivity index (χ1n) is 6.83. The second kappa shape index (κ2) is 7.08. The van der Waals surface area contributed by atoms with E-state index in [2.05, 4.69) is 17.0 Å². The molecule has 0 aliphatic heterocycles. The van der Waals surface area contributed by atoms with E-state index in [9.17, 15) is 0 Å². The van der Waals surface area contributed by atoms with Crippen molar-refractivity contribution < 1.29 is 4.74 Å². The highest BCUT2D eigenvalue weighted by atomic mass is 16.5. The Bertz CT molecular complexity index is 508. The molecule has 2 aromatic rings. The SMILES string of the molecule is CN(C)CCOC(c1ccccc1)c1ccc(N)cc1. The van der Waals surface area contributed by atoms with Gasteiger partial charge in [0, 0.05) is 12.2 Å². The van der Waals surface area contributed by atoms with Crippen LogP contribution in [-0.2, 0) is 4.74 Å². The van der Waals surface area contributed by atoms with Crippen molar-refractivity contribution in [1.82, 2.24) is 4.90 Å². The molecule has 0 amide bonds. The summed E-state index contributed by atoms with van der Waals surface area (Å²) >= 11 is 0. The molecule has 0 spiro atoms. The lowest BCUT2D eigenvalue weighted by Gasteiger charge is -2.20. The van der Waals surface area contributed by atoms with E-state index in [1.54, 1.807) is 0 Å². The molecule has 3 heteroatoms. The molecule has 2 rings (SSSR count). The zero-order chi connectivity index (χ0) is 14.4. The monoisotopic (exact) mass is 270 g/mol. The van der Waals surface area contributed by atoms with E-state index in [-0.39, 0.29) is 6.10 Å². The topological polar surface area (TPSA) is 38.5 Å². The summed E-state index contributed by atoms with van der Waals surface area (Å²) < 4.78 is 6.08. The summed E-state index contributed by atoms with van der Waals surface area (Å²) in [7, 11) is 4.09. The van der Waals surface area contributed by atoms with Gasteiger partial charge in [0.25, 0.3) is 0 Å². The fraction of sp³-hybridized carbons (Fsp3) is 0.294. The van der Waals surface area contributed by atoms with Crippen molar-refractivity contribution in [2.75, 3.05) is 33.0 Å². The molecule has 0 aliphatic carbocycles. The van der Waals surface area contributed by atoms with Crippen molar-refractivity contribution in [3.05, 3.63) is 65.7 Å². The first-order chi connectivity index (χ1) is 9.66. The Labute approximate surface area is 121 Å². The van der Waals surface area contributed by atoms with Crippen molar-refractivity contribution >= 4 is 5.69 Å². The number of ether oxygens (including phenoxy) is 1. The predicted octanol–water partition coefficient (Wildman–Crippen LogP) is 2.94. The first-order valence-corrected chi connectivity index (χ1v) is 6.83. The van der Waals surface area contributed by atoms with Gasteiger partial charge in [0.2, 0.25) is 0 Å². The summed E-state index contributed by atoms with van der Waals surface area (Å²) in [5.74, 6) is 0. The van der Waals surface area contributed by atoms with Crippen LogP contribution in [0.4, 0.5) is 5.69 Å². The lowest BCUT2D eigenvalue weighted by Crippen LogP contribution is -2.20. The summed E-state index contributed by atoms with van der Waals surface area (Å²) in [4.78, 5) is 2.12. The second-order valence-electron chi connectivity index (χ2n) is 5.13. The van der Waals surface area contributed by atoms with Gasteiger partial charge in [-0.3, -0.25) is 0 Å². The lowest BCUT2D eigenvalue weighted by atomic mass is 10.0. The summed E-state index contributed by atoms with van der Waals surface area (Å²) in [6.45, 7) is 1.59. The number of nitrogens with two attached hydrogens (primary N) is 1. The normalized spacial score (nSPS) is 12.6. The van der Waals surface area contributed by atoms with Gasteiger partial charge in [-0.05, 0) is 37.4 Å². The molecule has 20 heavy (non-hydrogen) atoms. The van der Waals surface area contributed by atoms with Crippen molar-refractivity contribution in [2.45, 2.75) is 6.10 Å². The Balaban J connectivity index is 2.18. The maximum atomic E-state index is 6.08. The molecule has 106 valence electrons. The molecular formula is C17H22N2O. The van der Waals surface area contributed by atoms with Gasteiger partial charge in [0.05, 0.1) is 6.61 Å². The van der Waals surface area contributed by atoms with Gasteiger partial charge in [-0.25, -0.2) is 0 Å². The highest BCUT2D eigenvalue weighted by molar-refractivity contribution is 5.41. The molecule has 0 saturated heterocycles. The van der Waals surface area contributed by atoms with Crippen LogP contribution in [0.2, 0.25) is 0 Å². The van der Waals surface area contributed by atoms with Crippen LogP contribution in [0.1, 0.15) is 17.2 Å². The number of hydrogen-bond acceptors (Lipinski definition) is 3. The number of rotatable bonds is 6. The molecule has 0 radical (unpaired) electrons. The molecular weight excluding hydrogens is 248 g/mol. The Morgan fingerprint density at radius 1 is 0.950 bits per heavy atom. The number of anilines is 1. The fourth-order valence-electron chi connectivity index (χ4n) is 2.04. The minimum absolute atomic E-state index is 0.0447. The second-order valence-corrected chi connectivity index (χ2v) is 5.13. The number of hydrogen-bond donors (Lipinski definition) is 1. The maximum absolute atomic E-state index is 6.08. The van der Waals surface area contributed by atoms with E-state index in [1.807, 2.05) is 56.6 Å². The van der Waals surface area contributed by atoms with Crippen LogP contribution in [0.25, 0.3) is 0 Å². The molecule has 1 atom stereocenters. The van der Waals surface area contributed by atoms with E-state index in [0.29, 0.717) is 6.61 Å². The van der Waals surface area contributed by atoms with Crippen molar-refractivity contribution in [3.8, 4) is 0 Å². The van der Waals surface area contributed by atoms with Gasteiger partial charge in [-0.15, -0.1) is 0 Å². The Hall–Kier alpha value is -1.84. The number of benzene rings is 2. The highest BCUT2D eigenvalue weighted by Gasteiger charge is 2.14. The van der Waals surface area contributed by atoms with E-state index < -0.39 is 0 Å². The van der Waals surface area contributed by atoms with Gasteiger partial charge in [0.15, 0.2) is 0 Å². The van der Waals surface area contributed by atoms with Crippen molar-refractivity contribution in [2.24, 2.45) is 0 Å². The Morgan fingerprint density at radius 3 is 2.15 bits per heavy atom. The van der Waals surface area contributed by atoms with Crippen LogP contribution in [0, 0.1) is 0 Å².